The number of aromatic nitrogens is 2. The molecule has 0 saturated carbocycles. The standard InChI is InChI=1S/C11H18N2O2/c1-14-7-5-13-9-10(8-12-13)11-4-2-3-6-15-11/h8-9,11H,2-7H2,1H3. The lowest BCUT2D eigenvalue weighted by atomic mass is 10.0. The second-order valence-corrected chi connectivity index (χ2v) is 3.88. The third-order valence-electron chi connectivity index (χ3n) is 2.73. The molecule has 1 aliphatic rings. The summed E-state index contributed by atoms with van der Waals surface area (Å²) in [4.78, 5) is 0. The molecule has 1 aliphatic heterocycles. The van der Waals surface area contributed by atoms with Gasteiger partial charge < -0.3 is 9.47 Å². The molecule has 0 radical (unpaired) electrons. The molecular weight excluding hydrogens is 192 g/mol. The summed E-state index contributed by atoms with van der Waals surface area (Å²) >= 11 is 0. The van der Waals surface area contributed by atoms with Crippen LogP contribution in [0.15, 0.2) is 12.4 Å². The van der Waals surface area contributed by atoms with Crippen molar-refractivity contribution in [3.05, 3.63) is 18.0 Å². The summed E-state index contributed by atoms with van der Waals surface area (Å²) in [5.74, 6) is 0. The SMILES string of the molecule is COCCn1cc(C2CCCCO2)cn1. The minimum absolute atomic E-state index is 0.259. The smallest absolute Gasteiger partial charge is 0.0855 e. The summed E-state index contributed by atoms with van der Waals surface area (Å²) in [6.07, 6.45) is 7.80. The molecule has 1 fully saturated rings. The summed E-state index contributed by atoms with van der Waals surface area (Å²) in [7, 11) is 1.70. The van der Waals surface area contributed by atoms with E-state index in [4.69, 9.17) is 9.47 Å². The van der Waals surface area contributed by atoms with Crippen molar-refractivity contribution in [3.8, 4) is 0 Å². The lowest BCUT2D eigenvalue weighted by Crippen LogP contribution is -2.11. The second-order valence-electron chi connectivity index (χ2n) is 3.88. The molecule has 0 aliphatic carbocycles. The van der Waals surface area contributed by atoms with E-state index in [2.05, 4.69) is 11.3 Å². The molecule has 2 heterocycles. The van der Waals surface area contributed by atoms with E-state index in [9.17, 15) is 0 Å². The van der Waals surface area contributed by atoms with Crippen LogP contribution < -0.4 is 0 Å². The van der Waals surface area contributed by atoms with Gasteiger partial charge in [0.15, 0.2) is 0 Å². The van der Waals surface area contributed by atoms with E-state index in [1.807, 2.05) is 10.9 Å². The van der Waals surface area contributed by atoms with Gasteiger partial charge in [0.2, 0.25) is 0 Å². The average molecular weight is 210 g/mol. The molecule has 4 nitrogen and oxygen atoms in total. The zero-order chi connectivity index (χ0) is 10.5. The molecule has 1 atom stereocenters. The normalized spacial score (nSPS) is 21.8. The maximum absolute atomic E-state index is 5.70. The van der Waals surface area contributed by atoms with Crippen molar-refractivity contribution in [1.29, 1.82) is 0 Å². The van der Waals surface area contributed by atoms with Crippen molar-refractivity contribution < 1.29 is 9.47 Å². The Bertz CT molecular complexity index is 293. The number of nitrogens with zero attached hydrogens (tertiary/aromatic N) is 2. The van der Waals surface area contributed by atoms with E-state index in [1.165, 1.54) is 18.4 Å². The van der Waals surface area contributed by atoms with Crippen LogP contribution in [0.2, 0.25) is 0 Å². The third-order valence-corrected chi connectivity index (χ3v) is 2.73. The Morgan fingerprint density at radius 2 is 2.53 bits per heavy atom. The van der Waals surface area contributed by atoms with Gasteiger partial charge in [-0.3, -0.25) is 4.68 Å². The first kappa shape index (κ1) is 10.6. The van der Waals surface area contributed by atoms with Gasteiger partial charge in [-0.25, -0.2) is 0 Å². The maximum Gasteiger partial charge on any atom is 0.0855 e. The zero-order valence-electron chi connectivity index (χ0n) is 9.19. The molecule has 1 unspecified atom stereocenters. The number of hydrogen-bond acceptors (Lipinski definition) is 3. The highest BCUT2D eigenvalue weighted by atomic mass is 16.5. The first-order valence-corrected chi connectivity index (χ1v) is 5.53. The van der Waals surface area contributed by atoms with Gasteiger partial charge in [0, 0.05) is 25.5 Å². The highest BCUT2D eigenvalue weighted by Crippen LogP contribution is 2.27. The minimum Gasteiger partial charge on any atom is -0.383 e. The monoisotopic (exact) mass is 210 g/mol. The van der Waals surface area contributed by atoms with Crippen molar-refractivity contribution in [1.82, 2.24) is 9.78 Å². The van der Waals surface area contributed by atoms with Crippen molar-refractivity contribution >= 4 is 0 Å². The van der Waals surface area contributed by atoms with Gasteiger partial charge in [-0.15, -0.1) is 0 Å². The van der Waals surface area contributed by atoms with Crippen LogP contribution in [0.1, 0.15) is 30.9 Å². The number of methoxy groups -OCH3 is 1. The van der Waals surface area contributed by atoms with Gasteiger partial charge in [0.25, 0.3) is 0 Å². The molecular formula is C11H18N2O2. The predicted octanol–water partition coefficient (Wildman–Crippen LogP) is 1.77. The molecule has 15 heavy (non-hydrogen) atoms. The molecule has 0 spiro atoms. The fraction of sp³-hybridized carbons (Fsp3) is 0.727. The summed E-state index contributed by atoms with van der Waals surface area (Å²) in [6.45, 7) is 2.39. The van der Waals surface area contributed by atoms with Crippen LogP contribution in [0, 0.1) is 0 Å². The number of rotatable bonds is 4. The van der Waals surface area contributed by atoms with E-state index < -0.39 is 0 Å². The Morgan fingerprint density at radius 1 is 1.60 bits per heavy atom. The van der Waals surface area contributed by atoms with Crippen LogP contribution >= 0.6 is 0 Å². The highest BCUT2D eigenvalue weighted by molar-refractivity contribution is 5.08. The summed E-state index contributed by atoms with van der Waals surface area (Å²) in [5.41, 5.74) is 1.20. The predicted molar refractivity (Wildman–Crippen MR) is 56.6 cm³/mol. The lowest BCUT2D eigenvalue weighted by molar-refractivity contribution is 0.0149. The van der Waals surface area contributed by atoms with E-state index in [0.717, 1.165) is 19.6 Å². The topological polar surface area (TPSA) is 36.3 Å². The van der Waals surface area contributed by atoms with Crippen LogP contribution in [0.3, 0.4) is 0 Å². The fourth-order valence-corrected chi connectivity index (χ4v) is 1.86. The molecule has 1 saturated heterocycles. The van der Waals surface area contributed by atoms with Crippen LogP contribution in [-0.4, -0.2) is 30.1 Å². The Hall–Kier alpha value is -0.870. The Balaban J connectivity index is 1.93. The van der Waals surface area contributed by atoms with E-state index >= 15 is 0 Å². The number of hydrogen-bond donors (Lipinski definition) is 0. The van der Waals surface area contributed by atoms with Gasteiger partial charge >= 0.3 is 0 Å². The van der Waals surface area contributed by atoms with E-state index in [1.54, 1.807) is 7.11 Å². The van der Waals surface area contributed by atoms with Crippen molar-refractivity contribution in [3.63, 3.8) is 0 Å². The molecule has 0 amide bonds. The fourth-order valence-electron chi connectivity index (χ4n) is 1.86. The first-order chi connectivity index (χ1) is 7.40. The quantitative estimate of drug-likeness (QED) is 0.760. The molecule has 4 heteroatoms. The van der Waals surface area contributed by atoms with Gasteiger partial charge in [-0.2, -0.15) is 5.10 Å². The van der Waals surface area contributed by atoms with Crippen molar-refractivity contribution in [2.75, 3.05) is 20.3 Å². The summed E-state index contributed by atoms with van der Waals surface area (Å²) in [5, 5.41) is 4.29. The molecule has 1 aromatic heterocycles. The number of ether oxygens (including phenoxy) is 2. The largest absolute Gasteiger partial charge is 0.383 e. The average Bonchev–Trinajstić information content (AvgIpc) is 2.76. The minimum atomic E-state index is 0.259. The molecule has 0 N–H and O–H groups in total. The molecule has 0 bridgehead atoms. The van der Waals surface area contributed by atoms with E-state index in [-0.39, 0.29) is 6.10 Å². The van der Waals surface area contributed by atoms with Gasteiger partial charge in [-0.05, 0) is 19.3 Å². The van der Waals surface area contributed by atoms with Crippen LogP contribution in [0.4, 0.5) is 0 Å². The van der Waals surface area contributed by atoms with Gasteiger partial charge in [0.05, 0.1) is 25.5 Å². The Morgan fingerprint density at radius 3 is 3.27 bits per heavy atom. The summed E-state index contributed by atoms with van der Waals surface area (Å²) < 4.78 is 12.6. The van der Waals surface area contributed by atoms with Crippen LogP contribution in [-0.2, 0) is 16.0 Å². The molecule has 84 valence electrons. The third kappa shape index (κ3) is 2.79. The summed E-state index contributed by atoms with van der Waals surface area (Å²) in [6, 6.07) is 0. The van der Waals surface area contributed by atoms with Gasteiger partial charge in [-0.1, -0.05) is 0 Å². The molecule has 2 rings (SSSR count). The Kier molecular flexibility index (Phi) is 3.75. The second kappa shape index (κ2) is 5.28. The highest BCUT2D eigenvalue weighted by Gasteiger charge is 2.17. The lowest BCUT2D eigenvalue weighted by Gasteiger charge is -2.21. The van der Waals surface area contributed by atoms with Crippen LogP contribution in [0.5, 0.6) is 0 Å². The van der Waals surface area contributed by atoms with Crippen molar-refractivity contribution in [2.24, 2.45) is 0 Å². The molecule has 0 aromatic carbocycles. The van der Waals surface area contributed by atoms with Gasteiger partial charge in [0.1, 0.15) is 0 Å². The zero-order valence-corrected chi connectivity index (χ0v) is 9.19. The van der Waals surface area contributed by atoms with Crippen LogP contribution in [0.25, 0.3) is 0 Å². The maximum atomic E-state index is 5.70. The van der Waals surface area contributed by atoms with E-state index in [0.29, 0.717) is 6.61 Å². The first-order valence-electron chi connectivity index (χ1n) is 5.53. The molecule has 1 aromatic rings. The Labute approximate surface area is 90.2 Å². The van der Waals surface area contributed by atoms with Crippen molar-refractivity contribution in [2.45, 2.75) is 31.9 Å².